The van der Waals surface area contributed by atoms with Gasteiger partial charge in [0, 0.05) is 6.54 Å². The first-order valence-corrected chi connectivity index (χ1v) is 6.58. The van der Waals surface area contributed by atoms with Gasteiger partial charge in [-0.1, -0.05) is 38.1 Å². The molecule has 0 unspecified atom stereocenters. The molecule has 0 amide bonds. The minimum Gasteiger partial charge on any atom is -0.330 e. The molecule has 1 rings (SSSR count). The summed E-state index contributed by atoms with van der Waals surface area (Å²) in [6, 6.07) is 9.01. The van der Waals surface area contributed by atoms with Crippen molar-refractivity contribution in [2.45, 2.75) is 33.2 Å². The molecule has 1 aromatic rings. The Hall–Kier alpha value is -0.860. The van der Waals surface area contributed by atoms with Gasteiger partial charge in [-0.05, 0) is 50.0 Å². The first kappa shape index (κ1) is 14.2. The molecule has 2 heteroatoms. The van der Waals surface area contributed by atoms with E-state index in [-0.39, 0.29) is 0 Å². The Morgan fingerprint density at radius 3 is 2.24 bits per heavy atom. The average molecular weight is 234 g/mol. The largest absolute Gasteiger partial charge is 0.330 e. The third-order valence-electron chi connectivity index (χ3n) is 2.86. The van der Waals surface area contributed by atoms with Crippen molar-refractivity contribution in [2.75, 3.05) is 20.1 Å². The summed E-state index contributed by atoms with van der Waals surface area (Å²) in [7, 11) is 2.15. The number of benzene rings is 1. The van der Waals surface area contributed by atoms with Gasteiger partial charge < -0.3 is 10.6 Å². The van der Waals surface area contributed by atoms with Crippen LogP contribution in [-0.2, 0) is 13.0 Å². The van der Waals surface area contributed by atoms with Gasteiger partial charge in [-0.2, -0.15) is 0 Å². The second kappa shape index (κ2) is 7.46. The van der Waals surface area contributed by atoms with Crippen molar-refractivity contribution in [3.8, 4) is 0 Å². The molecule has 0 saturated carbocycles. The van der Waals surface area contributed by atoms with Gasteiger partial charge in [0.1, 0.15) is 0 Å². The van der Waals surface area contributed by atoms with E-state index in [0.717, 1.165) is 32.0 Å². The average Bonchev–Trinajstić information content (AvgIpc) is 2.28. The molecule has 96 valence electrons. The highest BCUT2D eigenvalue weighted by molar-refractivity contribution is 5.22. The van der Waals surface area contributed by atoms with Gasteiger partial charge in [-0.3, -0.25) is 0 Å². The lowest BCUT2D eigenvalue weighted by Gasteiger charge is -2.16. The number of hydrogen-bond acceptors (Lipinski definition) is 2. The predicted octanol–water partition coefficient (Wildman–Crippen LogP) is 2.67. The minimum absolute atomic E-state index is 0.730. The zero-order valence-electron chi connectivity index (χ0n) is 11.4. The summed E-state index contributed by atoms with van der Waals surface area (Å²) in [4.78, 5) is 2.32. The highest BCUT2D eigenvalue weighted by Gasteiger charge is 2.01. The smallest absolute Gasteiger partial charge is 0.0230 e. The first-order valence-electron chi connectivity index (χ1n) is 6.58. The lowest BCUT2D eigenvalue weighted by Crippen LogP contribution is -2.21. The van der Waals surface area contributed by atoms with Crippen LogP contribution < -0.4 is 5.73 Å². The van der Waals surface area contributed by atoms with Crippen LogP contribution in [0.25, 0.3) is 0 Å². The highest BCUT2D eigenvalue weighted by atomic mass is 15.1. The molecule has 0 atom stereocenters. The first-order chi connectivity index (χ1) is 8.11. The van der Waals surface area contributed by atoms with Gasteiger partial charge in [-0.25, -0.2) is 0 Å². The Kier molecular flexibility index (Phi) is 6.23. The van der Waals surface area contributed by atoms with Gasteiger partial charge in [-0.15, -0.1) is 0 Å². The van der Waals surface area contributed by atoms with Crippen LogP contribution in [-0.4, -0.2) is 25.0 Å². The second-order valence-corrected chi connectivity index (χ2v) is 5.29. The van der Waals surface area contributed by atoms with E-state index in [1.54, 1.807) is 0 Å². The lowest BCUT2D eigenvalue weighted by atomic mass is 10.0. The highest BCUT2D eigenvalue weighted by Crippen LogP contribution is 2.11. The van der Waals surface area contributed by atoms with Crippen LogP contribution >= 0.6 is 0 Å². The fourth-order valence-electron chi connectivity index (χ4n) is 2.00. The Balaban J connectivity index is 2.44. The molecule has 0 aliphatic heterocycles. The third kappa shape index (κ3) is 5.85. The quantitative estimate of drug-likeness (QED) is 0.786. The van der Waals surface area contributed by atoms with Crippen molar-refractivity contribution >= 4 is 0 Å². The van der Waals surface area contributed by atoms with Gasteiger partial charge in [0.05, 0.1) is 0 Å². The van der Waals surface area contributed by atoms with Gasteiger partial charge in [0.25, 0.3) is 0 Å². The number of rotatable bonds is 7. The summed E-state index contributed by atoms with van der Waals surface area (Å²) in [6.45, 7) is 7.38. The molecule has 17 heavy (non-hydrogen) atoms. The molecule has 0 spiro atoms. The number of nitrogens with two attached hydrogens (primary N) is 1. The van der Waals surface area contributed by atoms with Gasteiger partial charge in [0.15, 0.2) is 0 Å². The molecule has 0 fully saturated rings. The lowest BCUT2D eigenvalue weighted by molar-refractivity contribution is 0.324. The zero-order valence-corrected chi connectivity index (χ0v) is 11.4. The zero-order chi connectivity index (χ0) is 12.7. The van der Waals surface area contributed by atoms with E-state index in [9.17, 15) is 0 Å². The molecule has 0 radical (unpaired) electrons. The van der Waals surface area contributed by atoms with Gasteiger partial charge in [0.2, 0.25) is 0 Å². The second-order valence-electron chi connectivity index (χ2n) is 5.29. The summed E-state index contributed by atoms with van der Waals surface area (Å²) in [6.07, 6.45) is 2.24. The van der Waals surface area contributed by atoms with Crippen LogP contribution in [0.1, 0.15) is 31.4 Å². The molecule has 0 aliphatic carbocycles. The molecule has 0 heterocycles. The van der Waals surface area contributed by atoms with Gasteiger partial charge >= 0.3 is 0 Å². The maximum atomic E-state index is 5.51. The topological polar surface area (TPSA) is 29.3 Å². The van der Waals surface area contributed by atoms with Crippen LogP contribution in [0.15, 0.2) is 24.3 Å². The fraction of sp³-hybridized carbons (Fsp3) is 0.600. The van der Waals surface area contributed by atoms with Crippen LogP contribution in [0.2, 0.25) is 0 Å². The van der Waals surface area contributed by atoms with Crippen molar-refractivity contribution in [1.82, 2.24) is 4.90 Å². The summed E-state index contributed by atoms with van der Waals surface area (Å²) in [5, 5.41) is 0. The molecular weight excluding hydrogens is 208 g/mol. The van der Waals surface area contributed by atoms with E-state index in [4.69, 9.17) is 5.73 Å². The Morgan fingerprint density at radius 1 is 1.12 bits per heavy atom. The number of nitrogens with zero attached hydrogens (tertiary/aromatic N) is 1. The standard InChI is InChI=1S/C15H26N2/c1-13(2)11-14-5-7-15(8-6-14)12-17(3)10-4-9-16/h5-8,13H,4,9-12,16H2,1-3H3. The molecule has 2 nitrogen and oxygen atoms in total. The van der Waals surface area contributed by atoms with E-state index in [1.807, 2.05) is 0 Å². The molecular formula is C15H26N2. The predicted molar refractivity (Wildman–Crippen MR) is 75.0 cm³/mol. The summed E-state index contributed by atoms with van der Waals surface area (Å²) < 4.78 is 0. The SMILES string of the molecule is CC(C)Cc1ccc(CN(C)CCCN)cc1. The molecule has 0 saturated heterocycles. The van der Waals surface area contributed by atoms with E-state index in [0.29, 0.717) is 0 Å². The van der Waals surface area contributed by atoms with Crippen molar-refractivity contribution < 1.29 is 0 Å². The Labute approximate surface area is 106 Å². The van der Waals surface area contributed by atoms with E-state index >= 15 is 0 Å². The van der Waals surface area contributed by atoms with Crippen LogP contribution in [0, 0.1) is 5.92 Å². The maximum absolute atomic E-state index is 5.51. The maximum Gasteiger partial charge on any atom is 0.0230 e. The number of hydrogen-bond donors (Lipinski definition) is 1. The van der Waals surface area contributed by atoms with E-state index < -0.39 is 0 Å². The fourth-order valence-corrected chi connectivity index (χ4v) is 2.00. The summed E-state index contributed by atoms with van der Waals surface area (Å²) >= 11 is 0. The van der Waals surface area contributed by atoms with E-state index in [2.05, 4.69) is 50.1 Å². The van der Waals surface area contributed by atoms with E-state index in [1.165, 1.54) is 17.5 Å². The third-order valence-corrected chi connectivity index (χ3v) is 2.86. The minimum atomic E-state index is 0.730. The Bertz CT molecular complexity index is 303. The normalized spacial score (nSPS) is 11.4. The summed E-state index contributed by atoms with van der Waals surface area (Å²) in [5.41, 5.74) is 8.33. The molecule has 2 N–H and O–H groups in total. The van der Waals surface area contributed by atoms with Crippen molar-refractivity contribution in [3.63, 3.8) is 0 Å². The van der Waals surface area contributed by atoms with Crippen molar-refractivity contribution in [2.24, 2.45) is 11.7 Å². The molecule has 0 aromatic heterocycles. The molecule has 0 bridgehead atoms. The van der Waals surface area contributed by atoms with Crippen molar-refractivity contribution in [3.05, 3.63) is 35.4 Å². The van der Waals surface area contributed by atoms with Crippen LogP contribution in [0.5, 0.6) is 0 Å². The van der Waals surface area contributed by atoms with Crippen LogP contribution in [0.3, 0.4) is 0 Å². The monoisotopic (exact) mass is 234 g/mol. The molecule has 0 aliphatic rings. The van der Waals surface area contributed by atoms with Crippen LogP contribution in [0.4, 0.5) is 0 Å². The molecule has 1 aromatic carbocycles. The Morgan fingerprint density at radius 2 is 1.71 bits per heavy atom. The van der Waals surface area contributed by atoms with Crippen molar-refractivity contribution in [1.29, 1.82) is 0 Å². The summed E-state index contributed by atoms with van der Waals surface area (Å²) in [5.74, 6) is 0.730.